The van der Waals surface area contributed by atoms with Crippen molar-refractivity contribution >= 4 is 35.3 Å². The van der Waals surface area contributed by atoms with Gasteiger partial charge in [-0.25, -0.2) is 4.79 Å². The van der Waals surface area contributed by atoms with Crippen molar-refractivity contribution in [2.24, 2.45) is 5.92 Å². The largest absolute Gasteiger partial charge is 0.337 e. The zero-order valence-corrected chi connectivity index (χ0v) is 18.8. The number of hydrazine groups is 1. The molecule has 31 heavy (non-hydrogen) atoms. The van der Waals surface area contributed by atoms with Crippen LogP contribution in [0.1, 0.15) is 38.7 Å². The molecule has 0 spiro atoms. The second-order valence-corrected chi connectivity index (χ2v) is 10.4. The Labute approximate surface area is 186 Å². The number of hydrogen-bond donors (Lipinski definition) is 1. The van der Waals surface area contributed by atoms with Crippen molar-refractivity contribution < 1.29 is 14.4 Å². The van der Waals surface area contributed by atoms with E-state index < -0.39 is 6.29 Å². The Bertz CT molecular complexity index is 892. The van der Waals surface area contributed by atoms with Gasteiger partial charge in [-0.05, 0) is 42.2 Å². The Morgan fingerprint density at radius 3 is 2.61 bits per heavy atom. The zero-order chi connectivity index (χ0) is 21.7. The summed E-state index contributed by atoms with van der Waals surface area (Å²) in [5, 5.41) is 1.48. The van der Waals surface area contributed by atoms with Crippen LogP contribution < -0.4 is 10.3 Å². The highest BCUT2D eigenvalue weighted by atomic mass is 32.2. The number of nitrogens with zero attached hydrogens (tertiary/aromatic N) is 4. The fourth-order valence-corrected chi connectivity index (χ4v) is 6.41. The van der Waals surface area contributed by atoms with Crippen LogP contribution in [0.25, 0.3) is 0 Å². The van der Waals surface area contributed by atoms with Crippen molar-refractivity contribution in [2.75, 3.05) is 23.7 Å². The van der Waals surface area contributed by atoms with Gasteiger partial charge < -0.3 is 9.80 Å². The van der Waals surface area contributed by atoms with E-state index in [2.05, 4.69) is 19.3 Å². The summed E-state index contributed by atoms with van der Waals surface area (Å²) < 4.78 is 0. The molecule has 0 radical (unpaired) electrons. The molecule has 1 aromatic carbocycles. The predicted octanol–water partition coefficient (Wildman–Crippen LogP) is 2.21. The van der Waals surface area contributed by atoms with Gasteiger partial charge >= 0.3 is 6.03 Å². The molecule has 9 heteroatoms. The summed E-state index contributed by atoms with van der Waals surface area (Å²) in [5.41, 5.74) is 5.20. The van der Waals surface area contributed by atoms with Gasteiger partial charge in [0.15, 0.2) is 6.29 Å². The number of anilines is 1. The van der Waals surface area contributed by atoms with Gasteiger partial charge in [0.1, 0.15) is 5.25 Å². The average Bonchev–Trinajstić information content (AvgIpc) is 3.46. The minimum atomic E-state index is -0.413. The van der Waals surface area contributed by atoms with Crippen molar-refractivity contribution in [1.82, 2.24) is 20.2 Å². The Balaban J connectivity index is 1.34. The smallest absolute Gasteiger partial charge is 0.312 e. The van der Waals surface area contributed by atoms with Gasteiger partial charge in [-0.3, -0.25) is 19.5 Å². The molecule has 0 aliphatic carbocycles. The van der Waals surface area contributed by atoms with E-state index in [0.717, 1.165) is 36.4 Å². The van der Waals surface area contributed by atoms with Crippen LogP contribution in [0.2, 0.25) is 0 Å². The first-order valence-electron chi connectivity index (χ1n) is 11.1. The number of thioether (sulfide) groups is 1. The second kappa shape index (κ2) is 8.02. The molecule has 4 amide bonds. The van der Waals surface area contributed by atoms with Crippen LogP contribution >= 0.6 is 11.8 Å². The third kappa shape index (κ3) is 3.57. The van der Waals surface area contributed by atoms with Gasteiger partial charge in [0, 0.05) is 25.2 Å². The molecule has 4 fully saturated rings. The van der Waals surface area contributed by atoms with Gasteiger partial charge in [-0.2, -0.15) is 5.43 Å². The molecular formula is C22H29N5O3S. The molecule has 4 aliphatic rings. The lowest BCUT2D eigenvalue weighted by Gasteiger charge is -2.44. The van der Waals surface area contributed by atoms with Crippen molar-refractivity contribution in [3.8, 4) is 0 Å². The van der Waals surface area contributed by atoms with Gasteiger partial charge in [0.05, 0.1) is 12.6 Å². The maximum atomic E-state index is 13.3. The number of carbonyl (C=O) groups is 3. The van der Waals surface area contributed by atoms with Crippen LogP contribution in [-0.4, -0.2) is 69.1 Å². The van der Waals surface area contributed by atoms with Crippen molar-refractivity contribution in [3.05, 3.63) is 29.8 Å². The minimum Gasteiger partial charge on any atom is -0.312 e. The highest BCUT2D eigenvalue weighted by molar-refractivity contribution is 8.00. The van der Waals surface area contributed by atoms with Crippen molar-refractivity contribution in [3.63, 3.8) is 0 Å². The molecule has 1 N–H and O–H groups in total. The maximum Gasteiger partial charge on any atom is 0.337 e. The summed E-state index contributed by atoms with van der Waals surface area (Å²) in [6, 6.07) is 7.73. The van der Waals surface area contributed by atoms with E-state index in [0.29, 0.717) is 25.4 Å². The number of hydrogen-bond acceptors (Lipinski definition) is 5. The van der Waals surface area contributed by atoms with Crippen LogP contribution in [-0.2, 0) is 16.1 Å². The van der Waals surface area contributed by atoms with Gasteiger partial charge in [0.25, 0.3) is 0 Å². The number of benzene rings is 1. The summed E-state index contributed by atoms with van der Waals surface area (Å²) in [4.78, 5) is 44.0. The normalized spacial score (nSPS) is 28.2. The third-order valence-electron chi connectivity index (χ3n) is 6.45. The predicted molar refractivity (Wildman–Crippen MR) is 119 cm³/mol. The van der Waals surface area contributed by atoms with Gasteiger partial charge in [-0.15, -0.1) is 11.8 Å². The van der Waals surface area contributed by atoms with Crippen molar-refractivity contribution in [1.29, 1.82) is 0 Å². The maximum absolute atomic E-state index is 13.3. The Morgan fingerprint density at radius 2 is 1.94 bits per heavy atom. The van der Waals surface area contributed by atoms with E-state index in [1.807, 2.05) is 39.0 Å². The molecule has 3 unspecified atom stereocenters. The number of amides is 4. The summed E-state index contributed by atoms with van der Waals surface area (Å²) in [7, 11) is 0. The molecule has 4 aliphatic heterocycles. The molecule has 0 saturated carbocycles. The average molecular weight is 444 g/mol. The zero-order valence-electron chi connectivity index (χ0n) is 18.0. The summed E-state index contributed by atoms with van der Waals surface area (Å²) in [6.45, 7) is 5.98. The quantitative estimate of drug-likeness (QED) is 0.755. The Morgan fingerprint density at radius 1 is 1.16 bits per heavy atom. The molecule has 8 nitrogen and oxygen atoms in total. The minimum absolute atomic E-state index is 0.0422. The summed E-state index contributed by atoms with van der Waals surface area (Å²) in [6.07, 6.45) is 1.95. The molecule has 0 aromatic heterocycles. The van der Waals surface area contributed by atoms with Crippen LogP contribution in [0, 0.1) is 5.92 Å². The van der Waals surface area contributed by atoms with E-state index >= 15 is 0 Å². The lowest BCUT2D eigenvalue weighted by atomic mass is 10.0. The molecule has 0 bridgehead atoms. The highest BCUT2D eigenvalue weighted by Crippen LogP contribution is 2.39. The molecule has 166 valence electrons. The molecule has 4 saturated heterocycles. The number of urea groups is 1. The van der Waals surface area contributed by atoms with E-state index in [1.54, 1.807) is 16.8 Å². The first-order valence-corrected chi connectivity index (χ1v) is 12.2. The number of fused-ring (bicyclic) bond motifs is 3. The van der Waals surface area contributed by atoms with Crippen LogP contribution in [0.15, 0.2) is 24.3 Å². The van der Waals surface area contributed by atoms with Crippen molar-refractivity contribution in [2.45, 2.75) is 57.2 Å². The molecular weight excluding hydrogens is 414 g/mol. The number of nitrogens with one attached hydrogen (secondary N) is 1. The number of carbonyl (C=O) groups excluding carboxylic acids is 3. The standard InChI is InChI=1S/C22H29N5O3S/c1-14(2)12-25-20(29)19-17(9-11-31-19)27-21(25)23-26(22(27)30)13-15-5-7-16(8-6-15)24-10-3-4-18(24)28/h5-8,14,17,19,21,23H,3-4,9-13H2,1-2H3. The Hall–Kier alpha value is -2.26. The van der Waals surface area contributed by atoms with Crippen LogP contribution in [0.5, 0.6) is 0 Å². The topological polar surface area (TPSA) is 76.2 Å². The first kappa shape index (κ1) is 20.6. The summed E-state index contributed by atoms with van der Waals surface area (Å²) >= 11 is 1.67. The molecule has 4 heterocycles. The highest BCUT2D eigenvalue weighted by Gasteiger charge is 2.55. The number of rotatable bonds is 5. The third-order valence-corrected chi connectivity index (χ3v) is 7.80. The fourth-order valence-electron chi connectivity index (χ4n) is 5.01. The lowest BCUT2D eigenvalue weighted by Crippen LogP contribution is -2.66. The van der Waals surface area contributed by atoms with E-state index in [4.69, 9.17) is 0 Å². The van der Waals surface area contributed by atoms with Gasteiger partial charge in [-0.1, -0.05) is 26.0 Å². The fraction of sp³-hybridized carbons (Fsp3) is 0.591. The monoisotopic (exact) mass is 443 g/mol. The summed E-state index contributed by atoms with van der Waals surface area (Å²) in [5.74, 6) is 1.54. The molecule has 5 rings (SSSR count). The van der Waals surface area contributed by atoms with E-state index in [-0.39, 0.29) is 29.1 Å². The van der Waals surface area contributed by atoms with E-state index in [9.17, 15) is 14.4 Å². The first-order chi connectivity index (χ1) is 14.9. The second-order valence-electron chi connectivity index (χ2n) is 9.13. The van der Waals surface area contributed by atoms with Crippen LogP contribution in [0.4, 0.5) is 10.5 Å². The van der Waals surface area contributed by atoms with Crippen LogP contribution in [0.3, 0.4) is 0 Å². The molecule has 1 aromatic rings. The van der Waals surface area contributed by atoms with Gasteiger partial charge in [0.2, 0.25) is 11.8 Å². The molecule has 3 atom stereocenters. The SMILES string of the molecule is CC(C)CN1C(=O)C2SCCC2N2C(=O)N(Cc3ccc(N4CCCC4=O)cc3)NC12. The Kier molecular flexibility index (Phi) is 5.34. The van der Waals surface area contributed by atoms with E-state index in [1.165, 1.54) is 0 Å². The lowest BCUT2D eigenvalue weighted by molar-refractivity contribution is -0.145.